The summed E-state index contributed by atoms with van der Waals surface area (Å²) in [5.41, 5.74) is -0.463. The molecule has 3 N–H and O–H groups in total. The zero-order chi connectivity index (χ0) is 21.6. The predicted octanol–water partition coefficient (Wildman–Crippen LogP) is 5.89. The highest BCUT2D eigenvalue weighted by molar-refractivity contribution is 7.87. The molecule has 3 rings (SSSR count). The van der Waals surface area contributed by atoms with Crippen LogP contribution in [0.5, 0.6) is 11.5 Å². The summed E-state index contributed by atoms with van der Waals surface area (Å²) in [6.45, 7) is 0. The Labute approximate surface area is 186 Å². The average molecular weight is 494 g/mol. The number of phenols is 2. The van der Waals surface area contributed by atoms with Gasteiger partial charge in [-0.25, -0.2) is 0 Å². The molecule has 0 aliphatic heterocycles. The van der Waals surface area contributed by atoms with Crippen molar-refractivity contribution in [2.75, 3.05) is 0 Å². The van der Waals surface area contributed by atoms with Gasteiger partial charge in [0.1, 0.15) is 11.5 Å². The van der Waals surface area contributed by atoms with Crippen molar-refractivity contribution in [1.82, 2.24) is 0 Å². The van der Waals surface area contributed by atoms with Crippen molar-refractivity contribution in [3.63, 3.8) is 0 Å². The Hall–Kier alpha value is -1.67. The Morgan fingerprint density at radius 1 is 0.724 bits per heavy atom. The first-order chi connectivity index (χ1) is 13.5. The van der Waals surface area contributed by atoms with Crippen molar-refractivity contribution in [1.29, 1.82) is 0 Å². The minimum atomic E-state index is -5.09. The number of rotatable bonds is 4. The van der Waals surface area contributed by atoms with Gasteiger partial charge in [-0.3, -0.25) is 4.55 Å². The van der Waals surface area contributed by atoms with Crippen LogP contribution in [0, 0.1) is 0 Å². The van der Waals surface area contributed by atoms with E-state index >= 15 is 0 Å². The molecule has 29 heavy (non-hydrogen) atoms. The molecule has 0 aromatic heterocycles. The van der Waals surface area contributed by atoms with Crippen LogP contribution in [0.1, 0.15) is 16.7 Å². The fourth-order valence-corrected chi connectivity index (χ4v) is 5.87. The topological polar surface area (TPSA) is 94.8 Å². The Balaban J connectivity index is 2.65. The molecule has 0 heterocycles. The molecule has 152 valence electrons. The van der Waals surface area contributed by atoms with Crippen molar-refractivity contribution in [2.45, 2.75) is 4.75 Å². The molecule has 0 amide bonds. The van der Waals surface area contributed by atoms with Gasteiger partial charge < -0.3 is 10.2 Å². The van der Waals surface area contributed by atoms with Gasteiger partial charge in [0.2, 0.25) is 0 Å². The molecule has 0 fully saturated rings. The first-order valence-corrected chi connectivity index (χ1v) is 10.8. The van der Waals surface area contributed by atoms with Gasteiger partial charge in [0, 0.05) is 16.7 Å². The monoisotopic (exact) mass is 492 g/mol. The van der Waals surface area contributed by atoms with E-state index in [9.17, 15) is 23.2 Å². The van der Waals surface area contributed by atoms with E-state index in [0.29, 0.717) is 0 Å². The number of phenolic OH excluding ortho intramolecular Hbond substituents is 2. The predicted molar refractivity (Wildman–Crippen MR) is 114 cm³/mol. The lowest BCUT2D eigenvalue weighted by Crippen LogP contribution is -2.39. The van der Waals surface area contributed by atoms with Gasteiger partial charge >= 0.3 is 0 Å². The maximum atomic E-state index is 13.0. The molecule has 3 aromatic carbocycles. The van der Waals surface area contributed by atoms with Crippen LogP contribution < -0.4 is 0 Å². The largest absolute Gasteiger partial charge is 0.508 e. The summed E-state index contributed by atoms with van der Waals surface area (Å²) in [5.74, 6) is -0.896. The van der Waals surface area contributed by atoms with E-state index in [1.165, 1.54) is 30.3 Å². The van der Waals surface area contributed by atoms with Crippen LogP contribution in [0.4, 0.5) is 0 Å². The summed E-state index contributed by atoms with van der Waals surface area (Å²) in [6.07, 6.45) is 0. The van der Waals surface area contributed by atoms with Crippen molar-refractivity contribution in [3.05, 3.63) is 91.4 Å². The van der Waals surface area contributed by atoms with Crippen molar-refractivity contribution in [3.8, 4) is 11.5 Å². The van der Waals surface area contributed by atoms with Gasteiger partial charge in [-0.15, -0.1) is 0 Å². The summed E-state index contributed by atoms with van der Waals surface area (Å²) in [4.78, 5) is 0. The van der Waals surface area contributed by atoms with E-state index in [4.69, 9.17) is 46.4 Å². The van der Waals surface area contributed by atoms with Gasteiger partial charge in [0.25, 0.3) is 10.1 Å². The third-order valence-corrected chi connectivity index (χ3v) is 7.35. The minimum absolute atomic E-state index is 0.0264. The van der Waals surface area contributed by atoms with Crippen molar-refractivity contribution in [2.24, 2.45) is 0 Å². The average Bonchev–Trinajstić information content (AvgIpc) is 2.62. The molecule has 0 saturated carbocycles. The SMILES string of the molecule is O=S(=O)(O)C(c1ccccc1)(c1cc(O)cc(O)c1)c1c(Cl)cc(Cl)c(Cl)c1Cl. The lowest BCUT2D eigenvalue weighted by atomic mass is 9.83. The first kappa shape index (κ1) is 22.0. The third-order valence-electron chi connectivity index (χ3n) is 4.34. The molecule has 0 aliphatic carbocycles. The van der Waals surface area contributed by atoms with Crippen LogP contribution in [0.25, 0.3) is 0 Å². The zero-order valence-corrected chi connectivity index (χ0v) is 18.1. The zero-order valence-electron chi connectivity index (χ0n) is 14.3. The summed E-state index contributed by atoms with van der Waals surface area (Å²) in [5, 5.41) is 19.3. The smallest absolute Gasteiger partial charge is 0.283 e. The maximum absolute atomic E-state index is 13.0. The van der Waals surface area contributed by atoms with Gasteiger partial charge in [0.05, 0.1) is 15.1 Å². The lowest BCUT2D eigenvalue weighted by molar-refractivity contribution is 0.444. The Kier molecular flexibility index (Phi) is 5.98. The normalized spacial score (nSPS) is 13.8. The first-order valence-electron chi connectivity index (χ1n) is 7.89. The lowest BCUT2D eigenvalue weighted by Gasteiger charge is -2.34. The second-order valence-electron chi connectivity index (χ2n) is 6.10. The highest BCUT2D eigenvalue weighted by Crippen LogP contribution is 2.52. The van der Waals surface area contributed by atoms with E-state index in [1.54, 1.807) is 6.07 Å². The molecule has 1 atom stereocenters. The molecule has 0 spiro atoms. The summed E-state index contributed by atoms with van der Waals surface area (Å²) in [7, 11) is -5.09. The van der Waals surface area contributed by atoms with Crippen molar-refractivity contribution >= 4 is 56.5 Å². The molecule has 1 unspecified atom stereocenters. The van der Waals surface area contributed by atoms with Gasteiger partial charge in [-0.1, -0.05) is 76.7 Å². The highest BCUT2D eigenvalue weighted by atomic mass is 35.5. The Morgan fingerprint density at radius 2 is 1.28 bits per heavy atom. The van der Waals surface area contributed by atoms with Crippen LogP contribution in [0.3, 0.4) is 0 Å². The fraction of sp³-hybridized carbons (Fsp3) is 0.0526. The van der Waals surface area contributed by atoms with Crippen molar-refractivity contribution < 1.29 is 23.2 Å². The number of aromatic hydroxyl groups is 2. The minimum Gasteiger partial charge on any atom is -0.508 e. The molecule has 5 nitrogen and oxygen atoms in total. The van der Waals surface area contributed by atoms with Crippen LogP contribution in [-0.4, -0.2) is 23.2 Å². The van der Waals surface area contributed by atoms with Crippen LogP contribution >= 0.6 is 46.4 Å². The van der Waals surface area contributed by atoms with Gasteiger partial charge in [-0.2, -0.15) is 8.42 Å². The maximum Gasteiger partial charge on any atom is 0.283 e. The Morgan fingerprint density at radius 3 is 1.79 bits per heavy atom. The van der Waals surface area contributed by atoms with Crippen LogP contribution in [0.2, 0.25) is 20.1 Å². The molecule has 3 aromatic rings. The molecular formula is C19H12Cl4O5S. The van der Waals surface area contributed by atoms with E-state index < -0.39 is 26.4 Å². The van der Waals surface area contributed by atoms with Gasteiger partial charge in [-0.05, 0) is 29.3 Å². The summed E-state index contributed by atoms with van der Waals surface area (Å²) < 4.78 is 34.0. The number of benzene rings is 3. The van der Waals surface area contributed by atoms with Crippen LogP contribution in [-0.2, 0) is 14.9 Å². The molecule has 0 aliphatic rings. The second-order valence-corrected chi connectivity index (χ2v) is 9.24. The van der Waals surface area contributed by atoms with E-state index in [0.717, 1.165) is 18.2 Å². The second kappa shape index (κ2) is 7.87. The number of hydrogen-bond acceptors (Lipinski definition) is 4. The molecule has 0 saturated heterocycles. The fourth-order valence-electron chi connectivity index (χ4n) is 3.24. The molecule has 10 heteroatoms. The van der Waals surface area contributed by atoms with Crippen LogP contribution in [0.15, 0.2) is 54.6 Å². The highest BCUT2D eigenvalue weighted by Gasteiger charge is 2.51. The van der Waals surface area contributed by atoms with Gasteiger partial charge in [0.15, 0.2) is 4.75 Å². The Bertz CT molecular complexity index is 1180. The number of hydrogen-bond donors (Lipinski definition) is 3. The number of halogens is 4. The van der Waals surface area contributed by atoms with E-state index in [2.05, 4.69) is 0 Å². The molecule has 0 radical (unpaired) electrons. The molecular weight excluding hydrogens is 482 g/mol. The summed E-state index contributed by atoms with van der Waals surface area (Å²) in [6, 6.07) is 11.9. The van der Waals surface area contributed by atoms with E-state index in [-0.39, 0.29) is 36.8 Å². The summed E-state index contributed by atoms with van der Waals surface area (Å²) >= 11 is 24.9. The van der Waals surface area contributed by atoms with E-state index in [1.807, 2.05) is 0 Å². The quantitative estimate of drug-likeness (QED) is 0.182. The molecule has 0 bridgehead atoms. The standard InChI is InChI=1S/C19H12Cl4O5S/c20-14-9-15(21)17(22)18(23)16(14)19(29(26,27)28,10-4-2-1-3-5-10)11-6-12(24)8-13(25)7-11/h1-9,24-25H,(H,26,27,28). The third kappa shape index (κ3) is 3.65.